The van der Waals surface area contributed by atoms with Crippen LogP contribution in [0.2, 0.25) is 0 Å². The molecule has 132 valence electrons. The van der Waals surface area contributed by atoms with Crippen molar-refractivity contribution in [2.75, 3.05) is 0 Å². The molecule has 0 aliphatic heterocycles. The van der Waals surface area contributed by atoms with Crippen molar-refractivity contribution in [3.63, 3.8) is 0 Å². The van der Waals surface area contributed by atoms with Crippen LogP contribution in [0.25, 0.3) is 22.0 Å². The fourth-order valence-electron chi connectivity index (χ4n) is 3.03. The van der Waals surface area contributed by atoms with Crippen molar-refractivity contribution in [1.29, 1.82) is 0 Å². The van der Waals surface area contributed by atoms with Crippen molar-refractivity contribution in [3.8, 4) is 0 Å². The zero-order valence-electron chi connectivity index (χ0n) is 14.4. The molecule has 1 N–H and O–H groups in total. The topological polar surface area (TPSA) is 95.0 Å². The number of aromatic nitrogens is 4. The maximum absolute atomic E-state index is 12.8. The number of aryl methyl sites for hydroxylation is 2. The van der Waals surface area contributed by atoms with Gasteiger partial charge in [0.1, 0.15) is 17.8 Å². The molecule has 0 aliphatic carbocycles. The fourth-order valence-corrected chi connectivity index (χ4v) is 3.03. The zero-order valence-corrected chi connectivity index (χ0v) is 14.4. The Kier molecular flexibility index (Phi) is 3.80. The van der Waals surface area contributed by atoms with Crippen LogP contribution in [-0.4, -0.2) is 25.2 Å². The van der Waals surface area contributed by atoms with E-state index < -0.39 is 0 Å². The molecule has 0 fully saturated rings. The number of nitrogens with one attached hydrogen (secondary N) is 1. The van der Waals surface area contributed by atoms with E-state index in [0.29, 0.717) is 23.0 Å². The van der Waals surface area contributed by atoms with Gasteiger partial charge in [0.15, 0.2) is 5.58 Å². The molecular formula is C18H17N5O3. The van der Waals surface area contributed by atoms with Gasteiger partial charge in [-0.05, 0) is 19.1 Å². The Morgan fingerprint density at radius 1 is 1.35 bits per heavy atom. The Hall–Kier alpha value is -3.42. The highest BCUT2D eigenvalue weighted by molar-refractivity contribution is 6.04. The molecule has 0 spiro atoms. The largest absolute Gasteiger partial charge is 0.459 e. The van der Waals surface area contributed by atoms with Gasteiger partial charge in [-0.3, -0.25) is 14.6 Å². The second-order valence-corrected chi connectivity index (χ2v) is 6.10. The summed E-state index contributed by atoms with van der Waals surface area (Å²) in [4.78, 5) is 29.1. The highest BCUT2D eigenvalue weighted by Gasteiger charge is 2.18. The van der Waals surface area contributed by atoms with E-state index in [9.17, 15) is 9.59 Å². The highest BCUT2D eigenvalue weighted by Crippen LogP contribution is 2.27. The summed E-state index contributed by atoms with van der Waals surface area (Å²) in [6.07, 6.45) is 3.22. The van der Waals surface area contributed by atoms with Crippen molar-refractivity contribution in [3.05, 3.63) is 58.5 Å². The molecule has 0 radical (unpaired) electrons. The number of fused-ring (bicyclic) bond motifs is 3. The highest BCUT2D eigenvalue weighted by atomic mass is 16.3. The molecule has 8 heteroatoms. The molecule has 0 saturated carbocycles. The van der Waals surface area contributed by atoms with Gasteiger partial charge < -0.3 is 14.3 Å². The number of amides is 1. The standard InChI is InChI=1S/C18H17N5O3/c1-11-7-14-17(26-11)13-9-21-23(18(25)16(13)22(14)2)10-15(24)20-8-12-5-3-4-6-19-12/h3-7,9H,8,10H2,1-2H3,(H,20,24). The van der Waals surface area contributed by atoms with Crippen LogP contribution < -0.4 is 10.9 Å². The number of carbonyl (C=O) groups excluding carboxylic acids is 1. The number of rotatable bonds is 4. The number of pyridine rings is 1. The zero-order chi connectivity index (χ0) is 18.3. The van der Waals surface area contributed by atoms with E-state index in [0.717, 1.165) is 21.7 Å². The second-order valence-electron chi connectivity index (χ2n) is 6.10. The van der Waals surface area contributed by atoms with E-state index in [4.69, 9.17) is 4.42 Å². The average molecular weight is 351 g/mol. The van der Waals surface area contributed by atoms with Gasteiger partial charge in [0.25, 0.3) is 5.56 Å². The number of nitrogens with zero attached hydrogens (tertiary/aromatic N) is 4. The van der Waals surface area contributed by atoms with Crippen molar-refractivity contribution in [2.45, 2.75) is 20.0 Å². The molecule has 4 heterocycles. The van der Waals surface area contributed by atoms with E-state index >= 15 is 0 Å². The van der Waals surface area contributed by atoms with Crippen LogP contribution in [0.5, 0.6) is 0 Å². The molecule has 1 amide bonds. The summed E-state index contributed by atoms with van der Waals surface area (Å²) in [5, 5.41) is 7.51. The maximum Gasteiger partial charge on any atom is 0.291 e. The predicted molar refractivity (Wildman–Crippen MR) is 95.6 cm³/mol. The van der Waals surface area contributed by atoms with Gasteiger partial charge >= 0.3 is 0 Å². The first-order valence-corrected chi connectivity index (χ1v) is 8.16. The van der Waals surface area contributed by atoms with Crippen molar-refractivity contribution in [1.82, 2.24) is 24.6 Å². The molecule has 0 unspecified atom stereocenters. The first kappa shape index (κ1) is 16.1. The van der Waals surface area contributed by atoms with Crippen LogP contribution >= 0.6 is 0 Å². The fraction of sp³-hybridized carbons (Fsp3) is 0.222. The maximum atomic E-state index is 12.8. The van der Waals surface area contributed by atoms with Gasteiger partial charge in [0, 0.05) is 19.3 Å². The average Bonchev–Trinajstić information content (AvgIpc) is 3.14. The molecule has 26 heavy (non-hydrogen) atoms. The van der Waals surface area contributed by atoms with Crippen LogP contribution in [0.15, 0.2) is 45.9 Å². The normalized spacial score (nSPS) is 11.3. The van der Waals surface area contributed by atoms with E-state index in [-0.39, 0.29) is 18.0 Å². The van der Waals surface area contributed by atoms with Gasteiger partial charge in [0.2, 0.25) is 5.91 Å². The van der Waals surface area contributed by atoms with E-state index in [1.807, 2.05) is 31.2 Å². The Labute approximate surface area is 148 Å². The summed E-state index contributed by atoms with van der Waals surface area (Å²) < 4.78 is 8.60. The Bertz CT molecular complexity index is 1170. The van der Waals surface area contributed by atoms with Crippen molar-refractivity contribution < 1.29 is 9.21 Å². The van der Waals surface area contributed by atoms with Gasteiger partial charge in [-0.25, -0.2) is 4.68 Å². The molecule has 8 nitrogen and oxygen atoms in total. The molecule has 4 aromatic rings. The molecule has 0 atom stereocenters. The van der Waals surface area contributed by atoms with Gasteiger partial charge in [-0.2, -0.15) is 5.10 Å². The van der Waals surface area contributed by atoms with E-state index in [1.54, 1.807) is 24.0 Å². The van der Waals surface area contributed by atoms with Crippen LogP contribution in [0.1, 0.15) is 11.5 Å². The molecule has 0 bridgehead atoms. The van der Waals surface area contributed by atoms with Crippen molar-refractivity contribution >= 4 is 27.9 Å². The summed E-state index contributed by atoms with van der Waals surface area (Å²) in [5.74, 6) is 0.462. The smallest absolute Gasteiger partial charge is 0.291 e. The van der Waals surface area contributed by atoms with Crippen molar-refractivity contribution in [2.24, 2.45) is 7.05 Å². The summed E-state index contributed by atoms with van der Waals surface area (Å²) in [5.41, 5.74) is 2.34. The monoisotopic (exact) mass is 351 g/mol. The molecule has 0 aliphatic rings. The Morgan fingerprint density at radius 2 is 2.19 bits per heavy atom. The summed E-state index contributed by atoms with van der Waals surface area (Å²) in [6.45, 7) is 1.99. The quantitative estimate of drug-likeness (QED) is 0.601. The lowest BCUT2D eigenvalue weighted by Gasteiger charge is -2.07. The summed E-state index contributed by atoms with van der Waals surface area (Å²) in [7, 11) is 1.80. The second kappa shape index (κ2) is 6.14. The molecule has 0 aromatic carbocycles. The van der Waals surface area contributed by atoms with Crippen LogP contribution in [0.3, 0.4) is 0 Å². The minimum Gasteiger partial charge on any atom is -0.459 e. The number of hydrogen-bond donors (Lipinski definition) is 1. The minimum absolute atomic E-state index is 0.160. The minimum atomic E-state index is -0.331. The Morgan fingerprint density at radius 3 is 2.96 bits per heavy atom. The first-order chi connectivity index (χ1) is 12.5. The van der Waals surface area contributed by atoms with Gasteiger partial charge in [0.05, 0.1) is 29.3 Å². The lowest BCUT2D eigenvalue weighted by molar-refractivity contribution is -0.122. The number of furan rings is 1. The molecule has 0 saturated heterocycles. The Balaban J connectivity index is 1.61. The number of hydrogen-bond acceptors (Lipinski definition) is 5. The predicted octanol–water partition coefficient (Wildman–Crippen LogP) is 1.50. The molecule has 4 aromatic heterocycles. The lowest BCUT2D eigenvalue weighted by atomic mass is 10.3. The first-order valence-electron chi connectivity index (χ1n) is 8.16. The van der Waals surface area contributed by atoms with Gasteiger partial charge in [-0.1, -0.05) is 6.07 Å². The SMILES string of the molecule is Cc1cc2c(o1)c1cnn(CC(=O)NCc3ccccn3)c(=O)c1n2C. The number of carbonyl (C=O) groups is 1. The molecular weight excluding hydrogens is 334 g/mol. The van der Waals surface area contributed by atoms with E-state index in [1.165, 1.54) is 0 Å². The third kappa shape index (κ3) is 2.65. The van der Waals surface area contributed by atoms with Gasteiger partial charge in [-0.15, -0.1) is 0 Å². The lowest BCUT2D eigenvalue weighted by Crippen LogP contribution is -2.33. The third-order valence-corrected chi connectivity index (χ3v) is 4.28. The summed E-state index contributed by atoms with van der Waals surface area (Å²) in [6, 6.07) is 7.35. The van der Waals surface area contributed by atoms with E-state index in [2.05, 4.69) is 15.4 Å². The summed E-state index contributed by atoms with van der Waals surface area (Å²) >= 11 is 0. The van der Waals surface area contributed by atoms with Crippen LogP contribution in [0, 0.1) is 6.92 Å². The third-order valence-electron chi connectivity index (χ3n) is 4.28. The van der Waals surface area contributed by atoms with Crippen LogP contribution in [0.4, 0.5) is 0 Å². The molecule has 4 rings (SSSR count). The van der Waals surface area contributed by atoms with Crippen LogP contribution in [-0.2, 0) is 24.9 Å².